The number of hydrogen-bond acceptors (Lipinski definition) is 3. The third-order valence-electron chi connectivity index (χ3n) is 3.16. The summed E-state index contributed by atoms with van der Waals surface area (Å²) >= 11 is 0. The van der Waals surface area contributed by atoms with Gasteiger partial charge in [0.1, 0.15) is 0 Å². The first-order valence-corrected chi connectivity index (χ1v) is 6.83. The number of carbonyl (C=O) groups excluding carboxylic acids is 1. The van der Waals surface area contributed by atoms with E-state index in [1.807, 2.05) is 19.9 Å². The predicted octanol–water partition coefficient (Wildman–Crippen LogP) is 2.73. The van der Waals surface area contributed by atoms with Crippen molar-refractivity contribution in [1.29, 1.82) is 0 Å². The molecule has 0 aliphatic heterocycles. The monoisotopic (exact) mass is 302 g/mol. The molecule has 1 rings (SSSR count). The number of hydrogen-bond donors (Lipinski definition) is 3. The molecule has 1 aromatic rings. The maximum absolute atomic E-state index is 11.9. The molecule has 1 heterocycles. The molecule has 0 saturated heterocycles. The van der Waals surface area contributed by atoms with E-state index < -0.39 is 6.04 Å². The van der Waals surface area contributed by atoms with Crippen LogP contribution in [-0.2, 0) is 11.2 Å². The van der Waals surface area contributed by atoms with Crippen molar-refractivity contribution in [3.05, 3.63) is 11.8 Å². The molecule has 20 heavy (non-hydrogen) atoms. The van der Waals surface area contributed by atoms with Gasteiger partial charge >= 0.3 is 0 Å². The zero-order valence-electron chi connectivity index (χ0n) is 13.0. The number of nitrogens with zero attached hydrogens (tertiary/aromatic N) is 1. The van der Waals surface area contributed by atoms with Gasteiger partial charge in [0.2, 0.25) is 5.91 Å². The highest BCUT2D eigenvalue weighted by Gasteiger charge is 2.20. The maximum Gasteiger partial charge on any atom is 0.242 e. The Balaban J connectivity index is 0.00000361. The first-order chi connectivity index (χ1) is 8.73. The van der Waals surface area contributed by atoms with Crippen molar-refractivity contribution in [3.8, 4) is 0 Å². The number of amides is 1. The van der Waals surface area contributed by atoms with Gasteiger partial charge in [-0.3, -0.25) is 9.89 Å². The Morgan fingerprint density at radius 2 is 2.10 bits per heavy atom. The van der Waals surface area contributed by atoms with E-state index in [0.717, 1.165) is 18.5 Å². The molecule has 6 heteroatoms. The topological polar surface area (TPSA) is 83.8 Å². The molecule has 116 valence electrons. The molecule has 0 fully saturated rings. The first kappa shape index (κ1) is 18.9. The van der Waals surface area contributed by atoms with Gasteiger partial charge in [0.25, 0.3) is 0 Å². The summed E-state index contributed by atoms with van der Waals surface area (Å²) in [7, 11) is 0. The lowest BCUT2D eigenvalue weighted by molar-refractivity contribution is -0.118. The van der Waals surface area contributed by atoms with Gasteiger partial charge in [-0.15, -0.1) is 12.4 Å². The largest absolute Gasteiger partial charge is 0.320 e. The molecule has 4 N–H and O–H groups in total. The zero-order valence-corrected chi connectivity index (χ0v) is 13.8. The fourth-order valence-corrected chi connectivity index (χ4v) is 1.81. The van der Waals surface area contributed by atoms with E-state index in [1.165, 1.54) is 0 Å². The molecule has 1 amide bonds. The van der Waals surface area contributed by atoms with Gasteiger partial charge in [-0.2, -0.15) is 5.10 Å². The summed E-state index contributed by atoms with van der Waals surface area (Å²) in [6, 6.07) is 1.37. The summed E-state index contributed by atoms with van der Waals surface area (Å²) in [6.07, 6.45) is 1.76. The Morgan fingerprint density at radius 3 is 2.60 bits per heavy atom. The van der Waals surface area contributed by atoms with Crippen LogP contribution in [0.2, 0.25) is 0 Å². The second kappa shape index (κ2) is 7.64. The fraction of sp³-hybridized carbons (Fsp3) is 0.714. The second-order valence-corrected chi connectivity index (χ2v) is 6.42. The molecule has 0 aliphatic carbocycles. The molecular formula is C14H27ClN4O. The molecular weight excluding hydrogens is 276 g/mol. The summed E-state index contributed by atoms with van der Waals surface area (Å²) in [4.78, 5) is 11.9. The van der Waals surface area contributed by atoms with Gasteiger partial charge < -0.3 is 11.1 Å². The van der Waals surface area contributed by atoms with Crippen LogP contribution in [0.1, 0.15) is 46.7 Å². The van der Waals surface area contributed by atoms with Crippen molar-refractivity contribution in [3.63, 3.8) is 0 Å². The lowest BCUT2D eigenvalue weighted by Crippen LogP contribution is -2.40. The zero-order chi connectivity index (χ0) is 14.6. The smallest absolute Gasteiger partial charge is 0.242 e. The summed E-state index contributed by atoms with van der Waals surface area (Å²) in [5, 5.41) is 9.80. The van der Waals surface area contributed by atoms with Gasteiger partial charge in [0.15, 0.2) is 5.82 Å². The molecule has 1 aromatic heterocycles. The van der Waals surface area contributed by atoms with E-state index in [1.54, 1.807) is 0 Å². The highest BCUT2D eigenvalue weighted by Crippen LogP contribution is 2.20. The van der Waals surface area contributed by atoms with Crippen LogP contribution in [0.15, 0.2) is 6.07 Å². The minimum Gasteiger partial charge on any atom is -0.320 e. The van der Waals surface area contributed by atoms with Crippen LogP contribution in [0.25, 0.3) is 0 Å². The van der Waals surface area contributed by atoms with Crippen molar-refractivity contribution >= 4 is 24.1 Å². The van der Waals surface area contributed by atoms with Crippen molar-refractivity contribution in [2.24, 2.45) is 17.1 Å². The van der Waals surface area contributed by atoms with Crippen molar-refractivity contribution in [1.82, 2.24) is 10.2 Å². The van der Waals surface area contributed by atoms with Crippen LogP contribution >= 0.6 is 12.4 Å². The fourth-order valence-electron chi connectivity index (χ4n) is 1.81. The van der Waals surface area contributed by atoms with Crippen LogP contribution in [-0.4, -0.2) is 22.1 Å². The minimum absolute atomic E-state index is 0. The van der Waals surface area contributed by atoms with Gasteiger partial charge in [-0.25, -0.2) is 0 Å². The standard InChI is InChI=1S/C14H26N4O.ClH/c1-6-9(2)12(15)13(19)16-11-7-10(17-18-11)8-14(3,4)5;/h7,9,12H,6,8,15H2,1-5H3,(H2,16,17,18,19);1H. The van der Waals surface area contributed by atoms with E-state index >= 15 is 0 Å². The quantitative estimate of drug-likeness (QED) is 0.782. The minimum atomic E-state index is -0.493. The summed E-state index contributed by atoms with van der Waals surface area (Å²) in [5.41, 5.74) is 7.07. The number of nitrogens with one attached hydrogen (secondary N) is 2. The van der Waals surface area contributed by atoms with Crippen molar-refractivity contribution in [2.45, 2.75) is 53.5 Å². The number of aromatic amines is 1. The Morgan fingerprint density at radius 1 is 1.50 bits per heavy atom. The average molecular weight is 303 g/mol. The number of aromatic nitrogens is 2. The highest BCUT2D eigenvalue weighted by molar-refractivity contribution is 5.94. The normalized spacial score (nSPS) is 14.3. The third-order valence-corrected chi connectivity index (χ3v) is 3.16. The number of H-pyrrole nitrogens is 1. The molecule has 0 spiro atoms. The van der Waals surface area contributed by atoms with Crippen LogP contribution in [0, 0.1) is 11.3 Å². The Bertz CT molecular complexity index is 425. The number of rotatable bonds is 5. The van der Waals surface area contributed by atoms with E-state index in [4.69, 9.17) is 5.73 Å². The Hall–Kier alpha value is -1.07. The van der Waals surface area contributed by atoms with E-state index in [9.17, 15) is 4.79 Å². The number of anilines is 1. The summed E-state index contributed by atoms with van der Waals surface area (Å²) in [5.74, 6) is 0.527. The van der Waals surface area contributed by atoms with E-state index in [2.05, 4.69) is 36.3 Å². The molecule has 0 radical (unpaired) electrons. The van der Waals surface area contributed by atoms with Crippen LogP contribution in [0.3, 0.4) is 0 Å². The first-order valence-electron chi connectivity index (χ1n) is 6.83. The Kier molecular flexibility index (Phi) is 7.23. The SMILES string of the molecule is CCC(C)C(N)C(=O)Nc1cc(CC(C)(C)C)[nH]n1.Cl. The lowest BCUT2D eigenvalue weighted by atomic mass is 9.91. The number of halogens is 1. The highest BCUT2D eigenvalue weighted by atomic mass is 35.5. The van der Waals surface area contributed by atoms with E-state index in [0.29, 0.717) is 5.82 Å². The molecule has 0 saturated carbocycles. The van der Waals surface area contributed by atoms with Crippen LogP contribution < -0.4 is 11.1 Å². The molecule has 0 bridgehead atoms. The second-order valence-electron chi connectivity index (χ2n) is 6.42. The third kappa shape index (κ3) is 5.92. The van der Waals surface area contributed by atoms with Crippen molar-refractivity contribution in [2.75, 3.05) is 5.32 Å². The predicted molar refractivity (Wildman–Crippen MR) is 85.1 cm³/mol. The van der Waals surface area contributed by atoms with Crippen LogP contribution in [0.5, 0.6) is 0 Å². The van der Waals surface area contributed by atoms with E-state index in [-0.39, 0.29) is 29.6 Å². The van der Waals surface area contributed by atoms with Crippen LogP contribution in [0.4, 0.5) is 5.82 Å². The maximum atomic E-state index is 11.9. The molecule has 2 unspecified atom stereocenters. The van der Waals surface area contributed by atoms with Gasteiger partial charge in [-0.05, 0) is 17.8 Å². The molecule has 2 atom stereocenters. The average Bonchev–Trinajstić information content (AvgIpc) is 2.71. The summed E-state index contributed by atoms with van der Waals surface area (Å²) in [6.45, 7) is 10.5. The number of carbonyl (C=O) groups is 1. The Labute approximate surface area is 127 Å². The molecule has 0 aromatic carbocycles. The molecule has 0 aliphatic rings. The van der Waals surface area contributed by atoms with Gasteiger partial charge in [0, 0.05) is 11.8 Å². The van der Waals surface area contributed by atoms with Gasteiger partial charge in [0.05, 0.1) is 6.04 Å². The lowest BCUT2D eigenvalue weighted by Gasteiger charge is -2.16. The van der Waals surface area contributed by atoms with Crippen molar-refractivity contribution < 1.29 is 4.79 Å². The molecule has 5 nitrogen and oxygen atoms in total. The van der Waals surface area contributed by atoms with Gasteiger partial charge in [-0.1, -0.05) is 41.0 Å². The number of nitrogens with two attached hydrogens (primary N) is 1. The summed E-state index contributed by atoms with van der Waals surface area (Å²) < 4.78 is 0.